The molecule has 1 atom stereocenters. The van der Waals surface area contributed by atoms with E-state index in [1.165, 1.54) is 0 Å². The van der Waals surface area contributed by atoms with E-state index in [9.17, 15) is 9.59 Å². The summed E-state index contributed by atoms with van der Waals surface area (Å²) >= 11 is 0. The number of carbonyl (C=O) groups excluding carboxylic acids is 2. The van der Waals surface area contributed by atoms with Crippen molar-refractivity contribution in [1.82, 2.24) is 0 Å². The molecule has 0 saturated heterocycles. The Kier molecular flexibility index (Phi) is 7.51. The molecule has 0 radical (unpaired) electrons. The van der Waals surface area contributed by atoms with Gasteiger partial charge in [-0.2, -0.15) is 0 Å². The SMILES string of the molecule is CCCC(C(=O)OCc1ccccc1)C(=O)OCC(C)C. The van der Waals surface area contributed by atoms with Gasteiger partial charge in [0, 0.05) is 0 Å². The molecule has 0 heterocycles. The summed E-state index contributed by atoms with van der Waals surface area (Å²) in [5.74, 6) is -1.56. The quantitative estimate of drug-likeness (QED) is 0.544. The smallest absolute Gasteiger partial charge is 0.320 e. The number of benzene rings is 1. The topological polar surface area (TPSA) is 52.6 Å². The minimum Gasteiger partial charge on any atom is -0.465 e. The number of ether oxygens (including phenoxy) is 2. The van der Waals surface area contributed by atoms with Gasteiger partial charge in [-0.05, 0) is 17.9 Å². The zero-order valence-corrected chi connectivity index (χ0v) is 13.0. The Balaban J connectivity index is 2.54. The fourth-order valence-electron chi connectivity index (χ4n) is 1.80. The van der Waals surface area contributed by atoms with Crippen molar-refractivity contribution in [2.24, 2.45) is 11.8 Å². The highest BCUT2D eigenvalue weighted by Crippen LogP contribution is 2.13. The highest BCUT2D eigenvalue weighted by molar-refractivity contribution is 5.94. The lowest BCUT2D eigenvalue weighted by molar-refractivity contribution is -0.163. The van der Waals surface area contributed by atoms with Crippen molar-refractivity contribution in [2.75, 3.05) is 6.61 Å². The fraction of sp³-hybridized carbons (Fsp3) is 0.529. The molecule has 0 aliphatic carbocycles. The summed E-state index contributed by atoms with van der Waals surface area (Å²) in [7, 11) is 0. The second-order valence-corrected chi connectivity index (χ2v) is 5.46. The Morgan fingerprint density at radius 3 is 2.24 bits per heavy atom. The van der Waals surface area contributed by atoms with E-state index in [1.54, 1.807) is 0 Å². The maximum absolute atomic E-state index is 12.1. The van der Waals surface area contributed by atoms with E-state index in [4.69, 9.17) is 9.47 Å². The minimum absolute atomic E-state index is 0.178. The molecule has 0 fully saturated rings. The second kappa shape index (κ2) is 9.16. The first-order valence-electron chi connectivity index (χ1n) is 7.41. The Morgan fingerprint density at radius 1 is 1.05 bits per heavy atom. The van der Waals surface area contributed by atoms with Gasteiger partial charge in [-0.25, -0.2) is 0 Å². The molecule has 0 spiro atoms. The summed E-state index contributed by atoms with van der Waals surface area (Å²) in [6.07, 6.45) is 1.17. The van der Waals surface area contributed by atoms with Gasteiger partial charge in [0.2, 0.25) is 0 Å². The first kappa shape index (κ1) is 17.2. The normalized spacial score (nSPS) is 12.0. The van der Waals surface area contributed by atoms with Gasteiger partial charge >= 0.3 is 11.9 Å². The van der Waals surface area contributed by atoms with Gasteiger partial charge in [0.25, 0.3) is 0 Å². The molecule has 1 rings (SSSR count). The number of carbonyl (C=O) groups is 2. The molecule has 1 aromatic rings. The molecule has 4 nitrogen and oxygen atoms in total. The van der Waals surface area contributed by atoms with Crippen LogP contribution in [0.2, 0.25) is 0 Å². The van der Waals surface area contributed by atoms with Crippen LogP contribution in [0.5, 0.6) is 0 Å². The Bertz CT molecular complexity index is 439. The Morgan fingerprint density at radius 2 is 1.67 bits per heavy atom. The number of rotatable bonds is 8. The first-order chi connectivity index (χ1) is 10.0. The van der Waals surface area contributed by atoms with Crippen LogP contribution < -0.4 is 0 Å². The van der Waals surface area contributed by atoms with E-state index in [0.717, 1.165) is 12.0 Å². The van der Waals surface area contributed by atoms with E-state index in [0.29, 0.717) is 13.0 Å². The van der Waals surface area contributed by atoms with Crippen LogP contribution in [0.3, 0.4) is 0 Å². The van der Waals surface area contributed by atoms with Crippen LogP contribution in [0.15, 0.2) is 30.3 Å². The van der Waals surface area contributed by atoms with Gasteiger partial charge in [-0.3, -0.25) is 9.59 Å². The molecule has 0 bridgehead atoms. The van der Waals surface area contributed by atoms with Crippen LogP contribution in [0.4, 0.5) is 0 Å². The summed E-state index contributed by atoms with van der Waals surface area (Å²) in [6.45, 7) is 6.33. The third-order valence-corrected chi connectivity index (χ3v) is 2.93. The van der Waals surface area contributed by atoms with Crippen LogP contribution in [0.1, 0.15) is 39.2 Å². The molecule has 4 heteroatoms. The fourth-order valence-corrected chi connectivity index (χ4v) is 1.80. The van der Waals surface area contributed by atoms with E-state index in [1.807, 2.05) is 51.1 Å². The van der Waals surface area contributed by atoms with Crippen LogP contribution in [0, 0.1) is 11.8 Å². The van der Waals surface area contributed by atoms with Crippen molar-refractivity contribution in [3.63, 3.8) is 0 Å². The second-order valence-electron chi connectivity index (χ2n) is 5.46. The zero-order valence-electron chi connectivity index (χ0n) is 13.0. The standard InChI is InChI=1S/C17H24O4/c1-4-8-15(16(18)20-11-13(2)3)17(19)21-12-14-9-6-5-7-10-14/h5-7,9-10,13,15H,4,8,11-12H2,1-3H3. The highest BCUT2D eigenvalue weighted by atomic mass is 16.6. The molecule has 0 N–H and O–H groups in total. The van der Waals surface area contributed by atoms with Crippen molar-refractivity contribution in [2.45, 2.75) is 40.2 Å². The van der Waals surface area contributed by atoms with E-state index in [-0.39, 0.29) is 12.5 Å². The van der Waals surface area contributed by atoms with Crippen LogP contribution in [0.25, 0.3) is 0 Å². The average Bonchev–Trinajstić information content (AvgIpc) is 2.49. The molecule has 21 heavy (non-hydrogen) atoms. The third kappa shape index (κ3) is 6.43. The van der Waals surface area contributed by atoms with E-state index >= 15 is 0 Å². The highest BCUT2D eigenvalue weighted by Gasteiger charge is 2.29. The van der Waals surface area contributed by atoms with Gasteiger partial charge in [0.15, 0.2) is 5.92 Å². The predicted molar refractivity (Wildman–Crippen MR) is 80.4 cm³/mol. The summed E-state index contributed by atoms with van der Waals surface area (Å²) in [5, 5.41) is 0. The lowest BCUT2D eigenvalue weighted by Crippen LogP contribution is -2.28. The summed E-state index contributed by atoms with van der Waals surface area (Å²) in [6, 6.07) is 9.40. The molecule has 116 valence electrons. The van der Waals surface area contributed by atoms with Gasteiger partial charge in [0.05, 0.1) is 6.61 Å². The van der Waals surface area contributed by atoms with Crippen molar-refractivity contribution >= 4 is 11.9 Å². The molecule has 0 amide bonds. The lowest BCUT2D eigenvalue weighted by Gasteiger charge is -2.15. The third-order valence-electron chi connectivity index (χ3n) is 2.93. The number of esters is 2. The van der Waals surface area contributed by atoms with Crippen molar-refractivity contribution in [1.29, 1.82) is 0 Å². The average molecular weight is 292 g/mol. The summed E-state index contributed by atoms with van der Waals surface area (Å²) in [4.78, 5) is 24.0. The van der Waals surface area contributed by atoms with E-state index in [2.05, 4.69) is 0 Å². The minimum atomic E-state index is -0.822. The number of hydrogen-bond acceptors (Lipinski definition) is 4. The Labute approximate surface area is 126 Å². The van der Waals surface area contributed by atoms with E-state index < -0.39 is 17.9 Å². The van der Waals surface area contributed by atoms with Gasteiger partial charge in [-0.1, -0.05) is 57.5 Å². The van der Waals surface area contributed by atoms with Gasteiger partial charge in [-0.15, -0.1) is 0 Å². The Hall–Kier alpha value is -1.84. The summed E-state index contributed by atoms with van der Waals surface area (Å²) < 4.78 is 10.4. The monoisotopic (exact) mass is 292 g/mol. The van der Waals surface area contributed by atoms with Crippen LogP contribution in [-0.2, 0) is 25.7 Å². The largest absolute Gasteiger partial charge is 0.465 e. The molecule has 0 saturated carbocycles. The van der Waals surface area contributed by atoms with Gasteiger partial charge < -0.3 is 9.47 Å². The summed E-state index contributed by atoms with van der Waals surface area (Å²) in [5.41, 5.74) is 0.900. The molecule has 0 aliphatic heterocycles. The van der Waals surface area contributed by atoms with Gasteiger partial charge in [0.1, 0.15) is 6.61 Å². The number of hydrogen-bond donors (Lipinski definition) is 0. The molecule has 0 aromatic heterocycles. The molecular formula is C17H24O4. The molecular weight excluding hydrogens is 268 g/mol. The zero-order chi connectivity index (χ0) is 15.7. The van der Waals surface area contributed by atoms with Crippen molar-refractivity contribution in [3.05, 3.63) is 35.9 Å². The maximum atomic E-state index is 12.1. The van der Waals surface area contributed by atoms with Crippen LogP contribution in [-0.4, -0.2) is 18.5 Å². The first-order valence-corrected chi connectivity index (χ1v) is 7.41. The van der Waals surface area contributed by atoms with Crippen molar-refractivity contribution in [3.8, 4) is 0 Å². The van der Waals surface area contributed by atoms with Crippen LogP contribution >= 0.6 is 0 Å². The maximum Gasteiger partial charge on any atom is 0.320 e. The molecule has 1 unspecified atom stereocenters. The molecule has 0 aliphatic rings. The van der Waals surface area contributed by atoms with Crippen molar-refractivity contribution < 1.29 is 19.1 Å². The predicted octanol–water partition coefficient (Wildman–Crippen LogP) is 3.35. The molecule has 1 aromatic carbocycles. The lowest BCUT2D eigenvalue weighted by atomic mass is 10.0.